The first kappa shape index (κ1) is 13.5. The summed E-state index contributed by atoms with van der Waals surface area (Å²) in [5, 5.41) is 7.91. The first-order chi connectivity index (χ1) is 8.56. The van der Waals surface area contributed by atoms with Crippen molar-refractivity contribution in [2.75, 3.05) is 40.3 Å². The van der Waals surface area contributed by atoms with Gasteiger partial charge in [-0.25, -0.2) is 0 Å². The van der Waals surface area contributed by atoms with Crippen molar-refractivity contribution < 1.29 is 0 Å². The number of aryl methyl sites for hydroxylation is 2. The molecule has 5 nitrogen and oxygen atoms in total. The summed E-state index contributed by atoms with van der Waals surface area (Å²) in [5.74, 6) is 0. The lowest BCUT2D eigenvalue weighted by Crippen LogP contribution is -2.53. The van der Waals surface area contributed by atoms with Crippen molar-refractivity contribution in [3.63, 3.8) is 0 Å². The van der Waals surface area contributed by atoms with Crippen LogP contribution in [-0.4, -0.2) is 65.9 Å². The Labute approximate surface area is 110 Å². The van der Waals surface area contributed by atoms with Crippen molar-refractivity contribution in [3.05, 3.63) is 17.5 Å². The molecule has 1 N–H and O–H groups in total. The minimum absolute atomic E-state index is 0.609. The quantitative estimate of drug-likeness (QED) is 0.821. The van der Waals surface area contributed by atoms with Crippen molar-refractivity contribution in [1.29, 1.82) is 0 Å². The fraction of sp³-hybridized carbons (Fsp3) is 0.769. The van der Waals surface area contributed by atoms with Gasteiger partial charge in [0.1, 0.15) is 0 Å². The Bertz CT molecular complexity index is 387. The predicted molar refractivity (Wildman–Crippen MR) is 73.6 cm³/mol. The van der Waals surface area contributed by atoms with E-state index in [1.54, 1.807) is 0 Å². The van der Waals surface area contributed by atoms with Crippen LogP contribution in [0.2, 0.25) is 0 Å². The van der Waals surface area contributed by atoms with Gasteiger partial charge in [-0.15, -0.1) is 0 Å². The smallest absolute Gasteiger partial charge is 0.0597 e. The molecule has 1 aliphatic heterocycles. The van der Waals surface area contributed by atoms with E-state index in [1.807, 2.05) is 18.7 Å². The average Bonchev–Trinajstić information content (AvgIpc) is 2.62. The summed E-state index contributed by atoms with van der Waals surface area (Å²) < 4.78 is 1.96. The Kier molecular flexibility index (Phi) is 4.37. The van der Waals surface area contributed by atoms with Gasteiger partial charge in [0.25, 0.3) is 0 Å². The molecule has 0 aliphatic carbocycles. The molecule has 1 atom stereocenters. The van der Waals surface area contributed by atoms with Gasteiger partial charge < -0.3 is 10.2 Å². The van der Waals surface area contributed by atoms with Crippen LogP contribution in [0.1, 0.15) is 11.4 Å². The van der Waals surface area contributed by atoms with E-state index >= 15 is 0 Å². The van der Waals surface area contributed by atoms with Crippen molar-refractivity contribution in [1.82, 2.24) is 24.9 Å². The summed E-state index contributed by atoms with van der Waals surface area (Å²) in [4.78, 5) is 4.85. The third kappa shape index (κ3) is 3.31. The van der Waals surface area contributed by atoms with E-state index in [0.29, 0.717) is 6.04 Å². The largest absolute Gasteiger partial charge is 0.310 e. The lowest BCUT2D eigenvalue weighted by molar-refractivity contribution is 0.113. The Balaban J connectivity index is 1.79. The zero-order chi connectivity index (χ0) is 13.1. The molecular weight excluding hydrogens is 226 g/mol. The van der Waals surface area contributed by atoms with E-state index in [2.05, 4.69) is 40.4 Å². The molecule has 1 aliphatic rings. The Morgan fingerprint density at radius 3 is 2.78 bits per heavy atom. The number of likely N-dealkylation sites (N-methyl/N-ethyl adjacent to an activating group) is 2. The van der Waals surface area contributed by atoms with Crippen molar-refractivity contribution in [2.24, 2.45) is 7.05 Å². The first-order valence-corrected chi connectivity index (χ1v) is 6.65. The third-order valence-electron chi connectivity index (χ3n) is 3.77. The van der Waals surface area contributed by atoms with Crippen LogP contribution in [0.15, 0.2) is 6.07 Å². The lowest BCUT2D eigenvalue weighted by Gasteiger charge is -2.37. The molecule has 0 spiro atoms. The molecule has 1 aromatic heterocycles. The Hall–Kier alpha value is -0.910. The molecule has 1 unspecified atom stereocenters. The summed E-state index contributed by atoms with van der Waals surface area (Å²) in [7, 11) is 6.42. The Morgan fingerprint density at radius 2 is 2.11 bits per heavy atom. The van der Waals surface area contributed by atoms with Crippen LogP contribution in [-0.2, 0) is 13.6 Å². The molecule has 1 aromatic rings. The van der Waals surface area contributed by atoms with Crippen LogP contribution in [0.25, 0.3) is 0 Å². The van der Waals surface area contributed by atoms with Crippen molar-refractivity contribution in [3.8, 4) is 0 Å². The number of rotatable bonds is 4. The fourth-order valence-electron chi connectivity index (χ4n) is 2.52. The molecule has 0 aromatic carbocycles. The van der Waals surface area contributed by atoms with E-state index in [4.69, 9.17) is 0 Å². The van der Waals surface area contributed by atoms with E-state index < -0.39 is 0 Å². The van der Waals surface area contributed by atoms with Crippen LogP contribution in [0.5, 0.6) is 0 Å². The maximum absolute atomic E-state index is 4.36. The normalized spacial score (nSPS) is 22.6. The molecule has 1 saturated heterocycles. The molecule has 0 radical (unpaired) electrons. The van der Waals surface area contributed by atoms with E-state index in [9.17, 15) is 0 Å². The SMILES string of the molecule is Cc1cc(CNCC2CN(C)CCN2C)n(C)n1. The number of hydrogen-bond donors (Lipinski definition) is 1. The Morgan fingerprint density at radius 1 is 1.33 bits per heavy atom. The molecule has 5 heteroatoms. The van der Waals surface area contributed by atoms with Gasteiger partial charge >= 0.3 is 0 Å². The molecule has 0 bridgehead atoms. The predicted octanol–water partition coefficient (Wildman–Crippen LogP) is 0.0639. The minimum Gasteiger partial charge on any atom is -0.310 e. The molecule has 102 valence electrons. The fourth-order valence-corrected chi connectivity index (χ4v) is 2.52. The zero-order valence-electron chi connectivity index (χ0n) is 12.0. The summed E-state index contributed by atoms with van der Waals surface area (Å²) >= 11 is 0. The summed E-state index contributed by atoms with van der Waals surface area (Å²) in [6, 6.07) is 2.75. The lowest BCUT2D eigenvalue weighted by atomic mass is 10.2. The van der Waals surface area contributed by atoms with Gasteiger partial charge in [0.15, 0.2) is 0 Å². The number of aromatic nitrogens is 2. The highest BCUT2D eigenvalue weighted by Gasteiger charge is 2.21. The molecule has 2 heterocycles. The monoisotopic (exact) mass is 251 g/mol. The second-order valence-corrected chi connectivity index (χ2v) is 5.43. The number of hydrogen-bond acceptors (Lipinski definition) is 4. The van der Waals surface area contributed by atoms with Crippen LogP contribution < -0.4 is 5.32 Å². The maximum atomic E-state index is 4.36. The summed E-state index contributed by atoms with van der Waals surface area (Å²) in [6.45, 7) is 7.44. The second-order valence-electron chi connectivity index (χ2n) is 5.43. The van der Waals surface area contributed by atoms with Gasteiger partial charge in [0.2, 0.25) is 0 Å². The highest BCUT2D eigenvalue weighted by molar-refractivity contribution is 5.08. The van der Waals surface area contributed by atoms with E-state index in [1.165, 1.54) is 12.2 Å². The molecule has 2 rings (SSSR count). The van der Waals surface area contributed by atoms with E-state index in [-0.39, 0.29) is 0 Å². The minimum atomic E-state index is 0.609. The highest BCUT2D eigenvalue weighted by Crippen LogP contribution is 2.06. The van der Waals surface area contributed by atoms with Crippen molar-refractivity contribution >= 4 is 0 Å². The first-order valence-electron chi connectivity index (χ1n) is 6.65. The highest BCUT2D eigenvalue weighted by atomic mass is 15.3. The third-order valence-corrected chi connectivity index (χ3v) is 3.77. The van der Waals surface area contributed by atoms with Crippen LogP contribution in [0, 0.1) is 6.92 Å². The molecule has 1 fully saturated rings. The van der Waals surface area contributed by atoms with Gasteiger partial charge in [-0.2, -0.15) is 5.10 Å². The second kappa shape index (κ2) is 5.82. The van der Waals surface area contributed by atoms with Crippen LogP contribution in [0.4, 0.5) is 0 Å². The van der Waals surface area contributed by atoms with Gasteiger partial charge in [-0.3, -0.25) is 9.58 Å². The van der Waals surface area contributed by atoms with Crippen molar-refractivity contribution in [2.45, 2.75) is 19.5 Å². The molecule has 18 heavy (non-hydrogen) atoms. The number of piperazine rings is 1. The van der Waals surface area contributed by atoms with Gasteiger partial charge in [-0.1, -0.05) is 0 Å². The van der Waals surface area contributed by atoms with Gasteiger partial charge in [0, 0.05) is 45.8 Å². The topological polar surface area (TPSA) is 36.3 Å². The summed E-state index contributed by atoms with van der Waals surface area (Å²) in [6.07, 6.45) is 0. The van der Waals surface area contributed by atoms with Gasteiger partial charge in [0.05, 0.1) is 11.4 Å². The standard InChI is InChI=1S/C13H25N5/c1-11-7-12(18(4)15-11)8-14-9-13-10-16(2)5-6-17(13)3/h7,13-14H,5-6,8-10H2,1-4H3. The summed E-state index contributed by atoms with van der Waals surface area (Å²) in [5.41, 5.74) is 2.34. The zero-order valence-corrected chi connectivity index (χ0v) is 12.0. The van der Waals surface area contributed by atoms with Crippen LogP contribution in [0.3, 0.4) is 0 Å². The average molecular weight is 251 g/mol. The molecule has 0 amide bonds. The van der Waals surface area contributed by atoms with Crippen LogP contribution >= 0.6 is 0 Å². The molecular formula is C13H25N5. The van der Waals surface area contributed by atoms with Gasteiger partial charge in [-0.05, 0) is 27.1 Å². The number of nitrogens with one attached hydrogen (secondary N) is 1. The number of nitrogens with zero attached hydrogens (tertiary/aromatic N) is 4. The maximum Gasteiger partial charge on any atom is 0.0597 e. The van der Waals surface area contributed by atoms with E-state index in [0.717, 1.165) is 31.9 Å². The molecule has 0 saturated carbocycles.